The summed E-state index contributed by atoms with van der Waals surface area (Å²) in [5.41, 5.74) is 0. The third-order valence-electron chi connectivity index (χ3n) is 7.75. The van der Waals surface area contributed by atoms with E-state index in [0.717, 1.165) is 76.9 Å². The summed E-state index contributed by atoms with van der Waals surface area (Å²) in [7, 11) is 0. The topological polar surface area (TPSA) is 99.1 Å². The first-order chi connectivity index (χ1) is 15.1. The fourth-order valence-corrected chi connectivity index (χ4v) is 6.14. The second-order valence-electron chi connectivity index (χ2n) is 9.31. The van der Waals surface area contributed by atoms with Gasteiger partial charge in [0.1, 0.15) is 18.2 Å². The van der Waals surface area contributed by atoms with Crippen LogP contribution in [0.4, 0.5) is 10.6 Å². The average molecular weight is 430 g/mol. The number of hydrazine groups is 1. The van der Waals surface area contributed by atoms with Gasteiger partial charge < -0.3 is 14.7 Å². The van der Waals surface area contributed by atoms with Gasteiger partial charge in [0.05, 0.1) is 12.0 Å². The van der Waals surface area contributed by atoms with E-state index in [4.69, 9.17) is 4.74 Å². The maximum Gasteiger partial charge on any atom is 0.425 e. The molecule has 1 amide bonds. The maximum absolute atomic E-state index is 12.9. The molecule has 1 aromatic heterocycles. The standard InChI is InChI=1S/C22H31N5O4/c28-21(29)16-6-4-15(5-7-16)17-2-1-3-18-20(17)31-22(30)27(18)26-12-10-25(11-13-26)19-8-9-23-14-24-19/h8-9,14-18,20H,1-7,10-13H2,(H,28,29). The van der Waals surface area contributed by atoms with Crippen molar-refractivity contribution in [2.75, 3.05) is 31.1 Å². The molecular formula is C22H31N5O4. The summed E-state index contributed by atoms with van der Waals surface area (Å²) in [5.74, 6) is 0.866. The maximum atomic E-state index is 12.9. The molecule has 168 valence electrons. The highest BCUT2D eigenvalue weighted by Crippen LogP contribution is 2.45. The van der Waals surface area contributed by atoms with Crippen molar-refractivity contribution in [3.8, 4) is 0 Å². The number of ether oxygens (including phenoxy) is 1. The molecule has 0 spiro atoms. The number of hydrogen-bond donors (Lipinski definition) is 1. The molecule has 3 unspecified atom stereocenters. The third kappa shape index (κ3) is 3.95. The van der Waals surface area contributed by atoms with Gasteiger partial charge in [-0.1, -0.05) is 6.42 Å². The number of carboxylic acids is 1. The first kappa shape index (κ1) is 20.5. The van der Waals surface area contributed by atoms with Gasteiger partial charge in [-0.15, -0.1) is 0 Å². The number of aliphatic carboxylic acids is 1. The molecule has 2 aliphatic heterocycles. The van der Waals surface area contributed by atoms with Gasteiger partial charge in [-0.25, -0.2) is 24.8 Å². The predicted octanol–water partition coefficient (Wildman–Crippen LogP) is 2.39. The first-order valence-corrected chi connectivity index (χ1v) is 11.6. The monoisotopic (exact) mass is 429 g/mol. The number of hydrogen-bond acceptors (Lipinski definition) is 7. The number of carboxylic acid groups (broad SMARTS) is 1. The van der Waals surface area contributed by atoms with Gasteiger partial charge in [-0.2, -0.15) is 0 Å². The normalized spacial score (nSPS) is 34.3. The van der Waals surface area contributed by atoms with E-state index in [1.807, 2.05) is 11.1 Å². The molecule has 1 N–H and O–H groups in total. The van der Waals surface area contributed by atoms with E-state index in [2.05, 4.69) is 19.9 Å². The van der Waals surface area contributed by atoms with E-state index in [9.17, 15) is 14.7 Å². The highest BCUT2D eigenvalue weighted by atomic mass is 16.6. The first-order valence-electron chi connectivity index (χ1n) is 11.6. The Morgan fingerprint density at radius 2 is 1.84 bits per heavy atom. The number of fused-ring (bicyclic) bond motifs is 1. The molecule has 9 heteroatoms. The van der Waals surface area contributed by atoms with Crippen LogP contribution < -0.4 is 4.90 Å². The van der Waals surface area contributed by atoms with Crippen LogP contribution in [0, 0.1) is 17.8 Å². The molecule has 31 heavy (non-hydrogen) atoms. The largest absolute Gasteiger partial charge is 0.481 e. The molecule has 3 heterocycles. The molecule has 5 rings (SSSR count). The fourth-order valence-electron chi connectivity index (χ4n) is 6.14. The molecule has 0 radical (unpaired) electrons. The fraction of sp³-hybridized carbons (Fsp3) is 0.727. The Morgan fingerprint density at radius 1 is 1.06 bits per heavy atom. The van der Waals surface area contributed by atoms with Crippen molar-refractivity contribution in [3.63, 3.8) is 0 Å². The number of piperazine rings is 1. The van der Waals surface area contributed by atoms with Gasteiger partial charge in [0.25, 0.3) is 0 Å². The van der Waals surface area contributed by atoms with E-state index < -0.39 is 5.97 Å². The molecule has 2 aliphatic carbocycles. The van der Waals surface area contributed by atoms with Crippen LogP contribution >= 0.6 is 0 Å². The smallest absolute Gasteiger partial charge is 0.425 e. The molecule has 2 saturated heterocycles. The number of nitrogens with zero attached hydrogens (tertiary/aromatic N) is 5. The lowest BCUT2D eigenvalue weighted by Gasteiger charge is -2.44. The number of carbonyl (C=O) groups is 2. The Labute approximate surface area is 182 Å². The summed E-state index contributed by atoms with van der Waals surface area (Å²) in [5, 5.41) is 13.4. The molecule has 4 fully saturated rings. The number of aromatic nitrogens is 2. The Bertz CT molecular complexity index is 792. The zero-order chi connectivity index (χ0) is 21.4. The zero-order valence-corrected chi connectivity index (χ0v) is 17.8. The number of amides is 1. The van der Waals surface area contributed by atoms with Gasteiger partial charge in [0, 0.05) is 38.3 Å². The number of rotatable bonds is 4. The molecule has 0 bridgehead atoms. The summed E-state index contributed by atoms with van der Waals surface area (Å²) in [4.78, 5) is 34.8. The van der Waals surface area contributed by atoms with Crippen LogP contribution in [0.1, 0.15) is 44.9 Å². The van der Waals surface area contributed by atoms with Crippen LogP contribution in [0.2, 0.25) is 0 Å². The SMILES string of the molecule is O=C(O)C1CCC(C2CCCC3C2OC(=O)N3N2CCN(c3ccncn3)CC2)CC1. The molecule has 2 saturated carbocycles. The number of carbonyl (C=O) groups excluding carboxylic acids is 1. The van der Waals surface area contributed by atoms with Crippen molar-refractivity contribution in [1.29, 1.82) is 0 Å². The molecular weight excluding hydrogens is 398 g/mol. The van der Waals surface area contributed by atoms with Crippen LogP contribution in [0.5, 0.6) is 0 Å². The second kappa shape index (κ2) is 8.61. The van der Waals surface area contributed by atoms with E-state index in [1.165, 1.54) is 0 Å². The van der Waals surface area contributed by atoms with Gasteiger partial charge >= 0.3 is 12.1 Å². The van der Waals surface area contributed by atoms with E-state index in [1.54, 1.807) is 12.5 Å². The van der Waals surface area contributed by atoms with Crippen molar-refractivity contribution in [3.05, 3.63) is 18.6 Å². The average Bonchev–Trinajstić information content (AvgIpc) is 3.15. The molecule has 3 atom stereocenters. The van der Waals surface area contributed by atoms with Crippen LogP contribution in [0.15, 0.2) is 18.6 Å². The molecule has 1 aromatic rings. The Morgan fingerprint density at radius 3 is 2.52 bits per heavy atom. The Kier molecular flexibility index (Phi) is 5.69. The summed E-state index contributed by atoms with van der Waals surface area (Å²) in [6, 6.07) is 2.02. The van der Waals surface area contributed by atoms with Gasteiger partial charge in [0.2, 0.25) is 0 Å². The van der Waals surface area contributed by atoms with Crippen molar-refractivity contribution >= 4 is 17.9 Å². The van der Waals surface area contributed by atoms with Crippen LogP contribution in [0.3, 0.4) is 0 Å². The highest BCUT2D eigenvalue weighted by Gasteiger charge is 2.52. The van der Waals surface area contributed by atoms with E-state index in [0.29, 0.717) is 11.8 Å². The van der Waals surface area contributed by atoms with Crippen LogP contribution in [-0.2, 0) is 9.53 Å². The van der Waals surface area contributed by atoms with Crippen molar-refractivity contribution in [1.82, 2.24) is 20.0 Å². The van der Waals surface area contributed by atoms with Crippen LogP contribution in [-0.4, -0.2) is 75.5 Å². The van der Waals surface area contributed by atoms with Crippen molar-refractivity contribution < 1.29 is 19.4 Å². The van der Waals surface area contributed by atoms with E-state index in [-0.39, 0.29) is 24.2 Å². The predicted molar refractivity (Wildman–Crippen MR) is 112 cm³/mol. The van der Waals surface area contributed by atoms with E-state index >= 15 is 0 Å². The minimum Gasteiger partial charge on any atom is -0.481 e. The Hall–Kier alpha value is -2.42. The van der Waals surface area contributed by atoms with Gasteiger partial charge in [-0.05, 0) is 50.5 Å². The van der Waals surface area contributed by atoms with Gasteiger partial charge in [0.15, 0.2) is 0 Å². The lowest BCUT2D eigenvalue weighted by atomic mass is 9.69. The quantitative estimate of drug-likeness (QED) is 0.779. The Balaban J connectivity index is 1.22. The molecule has 0 aromatic carbocycles. The van der Waals surface area contributed by atoms with Crippen molar-refractivity contribution in [2.45, 2.75) is 57.1 Å². The van der Waals surface area contributed by atoms with Crippen molar-refractivity contribution in [2.24, 2.45) is 17.8 Å². The molecule has 4 aliphatic rings. The minimum atomic E-state index is -0.667. The molecule has 9 nitrogen and oxygen atoms in total. The zero-order valence-electron chi connectivity index (χ0n) is 17.8. The summed E-state index contributed by atoms with van der Waals surface area (Å²) >= 11 is 0. The highest BCUT2D eigenvalue weighted by molar-refractivity contribution is 5.70. The lowest BCUT2D eigenvalue weighted by molar-refractivity contribution is -0.143. The third-order valence-corrected chi connectivity index (χ3v) is 7.75. The summed E-state index contributed by atoms with van der Waals surface area (Å²) in [6.45, 7) is 3.13. The minimum absolute atomic E-state index is 0.0625. The van der Waals surface area contributed by atoms with Gasteiger partial charge in [-0.3, -0.25) is 4.79 Å². The summed E-state index contributed by atoms with van der Waals surface area (Å²) in [6.07, 6.45) is 9.55. The number of anilines is 1. The summed E-state index contributed by atoms with van der Waals surface area (Å²) < 4.78 is 5.98. The van der Waals surface area contributed by atoms with Crippen LogP contribution in [0.25, 0.3) is 0 Å². The second-order valence-corrected chi connectivity index (χ2v) is 9.31. The lowest BCUT2D eigenvalue weighted by Crippen LogP contribution is -2.58.